The predicted molar refractivity (Wildman–Crippen MR) is 77.1 cm³/mol. The van der Waals surface area contributed by atoms with Crippen LogP contribution in [0.25, 0.3) is 0 Å². The van der Waals surface area contributed by atoms with Gasteiger partial charge in [0.2, 0.25) is 0 Å². The fourth-order valence-corrected chi connectivity index (χ4v) is 2.59. The second kappa shape index (κ2) is 5.97. The summed E-state index contributed by atoms with van der Waals surface area (Å²) in [6.07, 6.45) is 0.822. The molecule has 0 saturated carbocycles. The maximum atomic E-state index is 11.0. The Labute approximate surface area is 117 Å². The van der Waals surface area contributed by atoms with Crippen molar-refractivity contribution < 1.29 is 9.53 Å². The van der Waals surface area contributed by atoms with Crippen molar-refractivity contribution in [1.82, 2.24) is 4.98 Å². The highest BCUT2D eigenvalue weighted by molar-refractivity contribution is 7.09. The second-order valence-electron chi connectivity index (χ2n) is 4.73. The fraction of sp³-hybridized carbons (Fsp3) is 0.333. The summed E-state index contributed by atoms with van der Waals surface area (Å²) >= 11 is 1.65. The minimum Gasteiger partial charge on any atom is -0.486 e. The number of rotatable bonds is 5. The molecule has 0 spiro atoms. The van der Waals surface area contributed by atoms with Gasteiger partial charge in [0.05, 0.1) is 16.3 Å². The Morgan fingerprint density at radius 1 is 1.42 bits per heavy atom. The molecule has 0 bridgehead atoms. The first-order valence-electron chi connectivity index (χ1n) is 6.23. The summed E-state index contributed by atoms with van der Waals surface area (Å²) in [5.41, 5.74) is 2.46. The van der Waals surface area contributed by atoms with Crippen LogP contribution in [0.3, 0.4) is 0 Å². The van der Waals surface area contributed by atoms with Gasteiger partial charge < -0.3 is 4.74 Å². The van der Waals surface area contributed by atoms with E-state index < -0.39 is 0 Å². The van der Waals surface area contributed by atoms with Crippen molar-refractivity contribution in [3.05, 3.63) is 45.4 Å². The van der Waals surface area contributed by atoms with Gasteiger partial charge in [-0.2, -0.15) is 0 Å². The van der Waals surface area contributed by atoms with Crippen molar-refractivity contribution in [3.63, 3.8) is 0 Å². The van der Waals surface area contributed by atoms with E-state index in [-0.39, 0.29) is 0 Å². The van der Waals surface area contributed by atoms with Gasteiger partial charge in [0.1, 0.15) is 12.4 Å². The average molecular weight is 275 g/mol. The molecule has 4 heteroatoms. The van der Waals surface area contributed by atoms with E-state index in [9.17, 15) is 4.79 Å². The maximum Gasteiger partial charge on any atom is 0.153 e. The third-order valence-corrected chi connectivity index (χ3v) is 3.99. The quantitative estimate of drug-likeness (QED) is 0.775. The number of benzene rings is 1. The second-order valence-corrected chi connectivity index (χ2v) is 5.62. The van der Waals surface area contributed by atoms with Gasteiger partial charge in [-0.15, -0.1) is 11.3 Å². The van der Waals surface area contributed by atoms with E-state index in [1.165, 1.54) is 0 Å². The number of hydrogen-bond donors (Lipinski definition) is 0. The molecule has 0 aliphatic carbocycles. The van der Waals surface area contributed by atoms with Crippen LogP contribution in [0.5, 0.6) is 5.75 Å². The number of ether oxygens (including phenoxy) is 1. The van der Waals surface area contributed by atoms with E-state index in [0.29, 0.717) is 23.8 Å². The van der Waals surface area contributed by atoms with Gasteiger partial charge in [0.15, 0.2) is 6.29 Å². The van der Waals surface area contributed by atoms with E-state index in [2.05, 4.69) is 18.8 Å². The molecule has 19 heavy (non-hydrogen) atoms. The van der Waals surface area contributed by atoms with Crippen LogP contribution in [0.2, 0.25) is 0 Å². The lowest BCUT2D eigenvalue weighted by Crippen LogP contribution is -2.01. The van der Waals surface area contributed by atoms with Gasteiger partial charge in [0, 0.05) is 11.3 Å². The van der Waals surface area contributed by atoms with Crippen LogP contribution in [-0.2, 0) is 6.61 Å². The minimum atomic E-state index is 0.398. The zero-order valence-corrected chi connectivity index (χ0v) is 12.2. The molecule has 1 heterocycles. The zero-order valence-electron chi connectivity index (χ0n) is 11.3. The number of carbonyl (C=O) groups is 1. The summed E-state index contributed by atoms with van der Waals surface area (Å²) in [6, 6.07) is 5.55. The predicted octanol–water partition coefficient (Wildman–Crippen LogP) is 3.97. The molecule has 0 N–H and O–H groups in total. The monoisotopic (exact) mass is 275 g/mol. The average Bonchev–Trinajstić information content (AvgIpc) is 2.86. The highest BCUT2D eigenvalue weighted by Gasteiger charge is 2.09. The summed E-state index contributed by atoms with van der Waals surface area (Å²) < 4.78 is 5.75. The van der Waals surface area contributed by atoms with Crippen molar-refractivity contribution in [2.75, 3.05) is 0 Å². The Hall–Kier alpha value is -1.68. The normalized spacial score (nSPS) is 10.7. The van der Waals surface area contributed by atoms with Crippen molar-refractivity contribution in [1.29, 1.82) is 0 Å². The number of thiazole rings is 1. The van der Waals surface area contributed by atoms with E-state index in [4.69, 9.17) is 4.74 Å². The summed E-state index contributed by atoms with van der Waals surface area (Å²) in [5, 5.41) is 3.12. The smallest absolute Gasteiger partial charge is 0.153 e. The highest BCUT2D eigenvalue weighted by atomic mass is 32.1. The molecule has 1 aromatic heterocycles. The lowest BCUT2D eigenvalue weighted by Gasteiger charge is -2.09. The summed E-state index contributed by atoms with van der Waals surface area (Å²) in [6.45, 7) is 6.57. The molecule has 0 atom stereocenters. The standard InChI is InChI=1S/C15H17NO2S/c1-10(2)15-16-13(9-19-15)8-18-14-11(3)5-4-6-12(14)7-17/h4-7,9-10H,8H2,1-3H3. The molecule has 1 aromatic carbocycles. The van der Waals surface area contributed by atoms with Crippen LogP contribution in [0.1, 0.15) is 46.4 Å². The van der Waals surface area contributed by atoms with Crippen molar-refractivity contribution in [2.24, 2.45) is 0 Å². The number of hydrogen-bond acceptors (Lipinski definition) is 4. The van der Waals surface area contributed by atoms with Gasteiger partial charge in [-0.1, -0.05) is 26.0 Å². The molecular formula is C15H17NO2S. The molecule has 0 unspecified atom stereocenters. The van der Waals surface area contributed by atoms with Crippen LogP contribution in [0.15, 0.2) is 23.6 Å². The van der Waals surface area contributed by atoms with Crippen molar-refractivity contribution >= 4 is 17.6 Å². The summed E-state index contributed by atoms with van der Waals surface area (Å²) in [7, 11) is 0. The van der Waals surface area contributed by atoms with E-state index in [1.54, 1.807) is 17.4 Å². The molecular weight excluding hydrogens is 258 g/mol. The molecule has 2 rings (SSSR count). The van der Waals surface area contributed by atoms with E-state index in [0.717, 1.165) is 22.6 Å². The number of aromatic nitrogens is 1. The van der Waals surface area contributed by atoms with E-state index >= 15 is 0 Å². The Balaban J connectivity index is 2.12. The van der Waals surface area contributed by atoms with Crippen LogP contribution in [-0.4, -0.2) is 11.3 Å². The van der Waals surface area contributed by atoms with Gasteiger partial charge in [0.25, 0.3) is 0 Å². The summed E-state index contributed by atoms with van der Waals surface area (Å²) in [4.78, 5) is 15.5. The Bertz CT molecular complexity index is 575. The number of aldehydes is 1. The number of para-hydroxylation sites is 1. The first-order chi connectivity index (χ1) is 9.11. The molecule has 0 fully saturated rings. The van der Waals surface area contributed by atoms with Crippen LogP contribution in [0, 0.1) is 6.92 Å². The first-order valence-corrected chi connectivity index (χ1v) is 7.11. The number of carbonyl (C=O) groups excluding carboxylic acids is 1. The van der Waals surface area contributed by atoms with Crippen molar-refractivity contribution in [3.8, 4) is 5.75 Å². The van der Waals surface area contributed by atoms with Gasteiger partial charge >= 0.3 is 0 Å². The fourth-order valence-electron chi connectivity index (χ4n) is 1.77. The largest absolute Gasteiger partial charge is 0.486 e. The zero-order chi connectivity index (χ0) is 13.8. The lowest BCUT2D eigenvalue weighted by molar-refractivity contribution is 0.111. The number of aryl methyl sites for hydroxylation is 1. The first kappa shape index (κ1) is 13.7. The molecule has 3 nitrogen and oxygen atoms in total. The third kappa shape index (κ3) is 3.20. The van der Waals surface area contributed by atoms with Crippen LogP contribution >= 0.6 is 11.3 Å². The number of nitrogens with zero attached hydrogens (tertiary/aromatic N) is 1. The van der Waals surface area contributed by atoms with Crippen LogP contribution < -0.4 is 4.74 Å². The maximum absolute atomic E-state index is 11.0. The lowest BCUT2D eigenvalue weighted by atomic mass is 10.1. The third-order valence-electron chi connectivity index (χ3n) is 2.80. The summed E-state index contributed by atoms with van der Waals surface area (Å²) in [5.74, 6) is 1.08. The molecule has 0 radical (unpaired) electrons. The Morgan fingerprint density at radius 2 is 2.21 bits per heavy atom. The molecule has 2 aromatic rings. The van der Waals surface area contributed by atoms with Gasteiger partial charge in [-0.25, -0.2) is 4.98 Å². The molecule has 0 amide bonds. The molecule has 100 valence electrons. The topological polar surface area (TPSA) is 39.2 Å². The Morgan fingerprint density at radius 3 is 2.84 bits per heavy atom. The highest BCUT2D eigenvalue weighted by Crippen LogP contribution is 2.24. The van der Waals surface area contributed by atoms with Gasteiger partial charge in [-0.05, 0) is 18.6 Å². The van der Waals surface area contributed by atoms with Crippen LogP contribution in [0.4, 0.5) is 0 Å². The molecule has 0 saturated heterocycles. The van der Waals surface area contributed by atoms with Gasteiger partial charge in [-0.3, -0.25) is 4.79 Å². The molecule has 0 aliphatic heterocycles. The van der Waals surface area contributed by atoms with E-state index in [1.807, 2.05) is 24.4 Å². The SMILES string of the molecule is Cc1cccc(C=O)c1OCc1csc(C(C)C)n1. The molecule has 0 aliphatic rings. The van der Waals surface area contributed by atoms with Crippen molar-refractivity contribution in [2.45, 2.75) is 33.3 Å². The Kier molecular flexibility index (Phi) is 4.32. The minimum absolute atomic E-state index is 0.398.